The molecule has 0 amide bonds. The van der Waals surface area contributed by atoms with Gasteiger partial charge in [0.15, 0.2) is 0 Å². The second-order valence-electron chi connectivity index (χ2n) is 5.36. The molecule has 0 bridgehead atoms. The van der Waals surface area contributed by atoms with Crippen LogP contribution in [-0.2, 0) is 11.3 Å². The topological polar surface area (TPSA) is 27.1 Å². The van der Waals surface area contributed by atoms with E-state index >= 15 is 0 Å². The van der Waals surface area contributed by atoms with Crippen LogP contribution in [0.4, 0.5) is 0 Å². The molecule has 1 unspecified atom stereocenters. The number of halogens is 2. The number of para-hydroxylation sites is 1. The van der Waals surface area contributed by atoms with Crippen LogP contribution < -0.4 is 0 Å². The maximum Gasteiger partial charge on any atom is 0.127 e. The van der Waals surface area contributed by atoms with Crippen molar-refractivity contribution < 1.29 is 4.74 Å². The number of hydrogen-bond donors (Lipinski definition) is 0. The zero-order valence-electron chi connectivity index (χ0n) is 11.5. The number of nitrogens with zero attached hydrogens (tertiary/aromatic N) is 2. The largest absolute Gasteiger partial charge is 0.381 e. The number of imidazole rings is 1. The quantitative estimate of drug-likeness (QED) is 0.785. The zero-order chi connectivity index (χ0) is 14.1. The summed E-state index contributed by atoms with van der Waals surface area (Å²) in [6, 6.07) is 5.83. The first-order valence-electron chi connectivity index (χ1n) is 7.03. The molecule has 3 rings (SSSR count). The Hall–Kier alpha value is -0.770. The highest BCUT2D eigenvalue weighted by atomic mass is 35.5. The van der Waals surface area contributed by atoms with Crippen molar-refractivity contribution in [2.75, 3.05) is 13.2 Å². The number of fused-ring (bicyclic) bond motifs is 1. The normalized spacial score (nSPS) is 18.6. The predicted molar refractivity (Wildman–Crippen MR) is 82.6 cm³/mol. The van der Waals surface area contributed by atoms with Crippen molar-refractivity contribution in [2.45, 2.75) is 31.7 Å². The van der Waals surface area contributed by atoms with Crippen LogP contribution in [0.5, 0.6) is 0 Å². The summed E-state index contributed by atoms with van der Waals surface area (Å²) < 4.78 is 7.63. The van der Waals surface area contributed by atoms with E-state index in [0.717, 1.165) is 54.5 Å². The summed E-state index contributed by atoms with van der Waals surface area (Å²) in [4.78, 5) is 4.65. The maximum atomic E-state index is 6.37. The Kier molecular flexibility index (Phi) is 4.20. The second kappa shape index (κ2) is 5.92. The van der Waals surface area contributed by atoms with Gasteiger partial charge in [0.05, 0.1) is 21.4 Å². The molecule has 2 aromatic rings. The zero-order valence-corrected chi connectivity index (χ0v) is 13.0. The number of rotatable bonds is 3. The van der Waals surface area contributed by atoms with Gasteiger partial charge in [0.25, 0.3) is 0 Å². The van der Waals surface area contributed by atoms with Crippen LogP contribution in [0.15, 0.2) is 18.2 Å². The van der Waals surface area contributed by atoms with E-state index in [2.05, 4.69) is 9.55 Å². The van der Waals surface area contributed by atoms with Gasteiger partial charge in [-0.25, -0.2) is 4.98 Å². The summed E-state index contributed by atoms with van der Waals surface area (Å²) in [5, 5.41) is 0.615. The van der Waals surface area contributed by atoms with E-state index in [1.54, 1.807) is 0 Å². The van der Waals surface area contributed by atoms with E-state index in [4.69, 9.17) is 27.9 Å². The third kappa shape index (κ3) is 2.67. The van der Waals surface area contributed by atoms with Crippen molar-refractivity contribution in [1.82, 2.24) is 9.55 Å². The minimum absolute atomic E-state index is 0.127. The Labute approximate surface area is 128 Å². The van der Waals surface area contributed by atoms with Crippen molar-refractivity contribution in [1.29, 1.82) is 0 Å². The van der Waals surface area contributed by atoms with E-state index in [1.807, 2.05) is 25.1 Å². The van der Waals surface area contributed by atoms with Crippen LogP contribution in [0.3, 0.4) is 0 Å². The molecule has 20 heavy (non-hydrogen) atoms. The van der Waals surface area contributed by atoms with Gasteiger partial charge in [-0.3, -0.25) is 0 Å². The lowest BCUT2D eigenvalue weighted by Gasteiger charge is -2.24. The Morgan fingerprint density at radius 2 is 2.15 bits per heavy atom. The van der Waals surface area contributed by atoms with Crippen LogP contribution in [0, 0.1) is 5.92 Å². The van der Waals surface area contributed by atoms with E-state index in [0.29, 0.717) is 5.92 Å². The maximum absolute atomic E-state index is 6.37. The van der Waals surface area contributed by atoms with Crippen molar-refractivity contribution in [3.05, 3.63) is 29.0 Å². The van der Waals surface area contributed by atoms with Gasteiger partial charge in [0.2, 0.25) is 0 Å². The van der Waals surface area contributed by atoms with E-state index in [-0.39, 0.29) is 5.38 Å². The molecule has 2 heterocycles. The monoisotopic (exact) mass is 312 g/mol. The molecule has 0 radical (unpaired) electrons. The van der Waals surface area contributed by atoms with Gasteiger partial charge in [-0.05, 0) is 37.8 Å². The Morgan fingerprint density at radius 1 is 1.40 bits per heavy atom. The molecule has 0 aliphatic carbocycles. The molecule has 1 saturated heterocycles. The smallest absolute Gasteiger partial charge is 0.127 e. The van der Waals surface area contributed by atoms with Crippen molar-refractivity contribution in [3.8, 4) is 0 Å². The molecule has 1 fully saturated rings. The second-order valence-corrected chi connectivity index (χ2v) is 6.42. The number of alkyl halides is 1. The Morgan fingerprint density at radius 3 is 2.85 bits per heavy atom. The lowest BCUT2D eigenvalue weighted by molar-refractivity contribution is 0.0613. The van der Waals surface area contributed by atoms with Gasteiger partial charge < -0.3 is 9.30 Å². The fraction of sp³-hybridized carbons (Fsp3) is 0.533. The van der Waals surface area contributed by atoms with Gasteiger partial charge in [0, 0.05) is 19.8 Å². The minimum atomic E-state index is -0.127. The minimum Gasteiger partial charge on any atom is -0.381 e. The molecule has 3 nitrogen and oxygen atoms in total. The third-order valence-electron chi connectivity index (χ3n) is 3.88. The fourth-order valence-corrected chi connectivity index (χ4v) is 3.27. The van der Waals surface area contributed by atoms with Crippen LogP contribution in [0.1, 0.15) is 31.0 Å². The summed E-state index contributed by atoms with van der Waals surface area (Å²) in [5.74, 6) is 1.51. The lowest BCUT2D eigenvalue weighted by Crippen LogP contribution is -2.21. The number of ether oxygens (including phenoxy) is 1. The standard InChI is InChI=1S/C15H18Cl2N2O/c1-10(16)15-18-13-4-2-3-12(17)14(13)19(15)9-11-5-7-20-8-6-11/h2-4,10-11H,5-9H2,1H3. The molecule has 1 aliphatic rings. The molecule has 1 aromatic heterocycles. The van der Waals surface area contributed by atoms with E-state index in [9.17, 15) is 0 Å². The van der Waals surface area contributed by atoms with Crippen molar-refractivity contribution in [2.24, 2.45) is 5.92 Å². The molecule has 108 valence electrons. The first kappa shape index (κ1) is 14.2. The molecule has 0 spiro atoms. The van der Waals surface area contributed by atoms with Gasteiger partial charge in [-0.2, -0.15) is 0 Å². The summed E-state index contributed by atoms with van der Waals surface area (Å²) in [5.41, 5.74) is 1.93. The first-order valence-corrected chi connectivity index (χ1v) is 7.84. The van der Waals surface area contributed by atoms with Crippen LogP contribution >= 0.6 is 23.2 Å². The Balaban J connectivity index is 2.03. The average Bonchev–Trinajstić information content (AvgIpc) is 2.80. The van der Waals surface area contributed by atoms with E-state index < -0.39 is 0 Å². The highest BCUT2D eigenvalue weighted by Gasteiger charge is 2.21. The van der Waals surface area contributed by atoms with Crippen molar-refractivity contribution >= 4 is 34.2 Å². The molecule has 0 saturated carbocycles. The number of aromatic nitrogens is 2. The molecule has 1 aliphatic heterocycles. The molecule has 0 N–H and O–H groups in total. The average molecular weight is 313 g/mol. The van der Waals surface area contributed by atoms with Crippen LogP contribution in [0.25, 0.3) is 11.0 Å². The van der Waals surface area contributed by atoms with Gasteiger partial charge in [-0.15, -0.1) is 11.6 Å². The van der Waals surface area contributed by atoms with Crippen LogP contribution in [-0.4, -0.2) is 22.8 Å². The number of hydrogen-bond acceptors (Lipinski definition) is 2. The predicted octanol–water partition coefficient (Wildman–Crippen LogP) is 4.42. The summed E-state index contributed by atoms with van der Waals surface area (Å²) in [7, 11) is 0. The number of benzene rings is 1. The Bertz CT molecular complexity index is 603. The summed E-state index contributed by atoms with van der Waals surface area (Å²) in [6.07, 6.45) is 2.17. The molecular formula is C15H18Cl2N2O. The fourth-order valence-electron chi connectivity index (χ4n) is 2.84. The van der Waals surface area contributed by atoms with Gasteiger partial charge >= 0.3 is 0 Å². The van der Waals surface area contributed by atoms with E-state index in [1.165, 1.54) is 0 Å². The van der Waals surface area contributed by atoms with Crippen molar-refractivity contribution in [3.63, 3.8) is 0 Å². The van der Waals surface area contributed by atoms with Gasteiger partial charge in [-0.1, -0.05) is 17.7 Å². The van der Waals surface area contributed by atoms with Gasteiger partial charge in [0.1, 0.15) is 5.82 Å². The SMILES string of the molecule is CC(Cl)c1nc2cccc(Cl)c2n1CC1CCOCC1. The molecule has 5 heteroatoms. The summed E-state index contributed by atoms with van der Waals surface area (Å²) >= 11 is 12.7. The molecule has 1 aromatic carbocycles. The first-order chi connectivity index (χ1) is 9.66. The van der Waals surface area contributed by atoms with Crippen LogP contribution in [0.2, 0.25) is 5.02 Å². The third-order valence-corrected chi connectivity index (χ3v) is 4.38. The summed E-state index contributed by atoms with van der Waals surface area (Å²) in [6.45, 7) is 4.56. The highest BCUT2D eigenvalue weighted by molar-refractivity contribution is 6.35. The molecule has 1 atom stereocenters. The lowest BCUT2D eigenvalue weighted by atomic mass is 10.0. The highest BCUT2D eigenvalue weighted by Crippen LogP contribution is 2.31. The molecular weight excluding hydrogens is 295 g/mol.